The summed E-state index contributed by atoms with van der Waals surface area (Å²) in [6.45, 7) is 16.2. The Kier molecular flexibility index (Phi) is 4.91. The number of pyridine rings is 1. The zero-order valence-electron chi connectivity index (χ0n) is 15.1. The summed E-state index contributed by atoms with van der Waals surface area (Å²) in [5.41, 5.74) is 5.16. The van der Waals surface area contributed by atoms with Gasteiger partial charge in [-0.15, -0.1) is 0 Å². The fourth-order valence-electron chi connectivity index (χ4n) is 2.77. The molecule has 22 heavy (non-hydrogen) atoms. The summed E-state index contributed by atoms with van der Waals surface area (Å²) in [6.07, 6.45) is 2.13. The Labute approximate surface area is 136 Å². The summed E-state index contributed by atoms with van der Waals surface area (Å²) in [5.74, 6) is 1.11. The standard InChI is InChI=1S/C20H29NSi/c1-14(2)16-8-10-17(11-9-16)19-12-18(15(3)4)20(13-21-19)22(5,6)7/h8-15H,1-7H3. The van der Waals surface area contributed by atoms with Gasteiger partial charge in [-0.25, -0.2) is 0 Å². The first-order valence-electron chi connectivity index (χ1n) is 8.31. The summed E-state index contributed by atoms with van der Waals surface area (Å²) in [4.78, 5) is 4.77. The molecule has 0 fully saturated rings. The van der Waals surface area contributed by atoms with E-state index < -0.39 is 8.07 Å². The van der Waals surface area contributed by atoms with Crippen molar-refractivity contribution in [2.24, 2.45) is 0 Å². The molecule has 0 saturated heterocycles. The van der Waals surface area contributed by atoms with Crippen LogP contribution in [-0.2, 0) is 0 Å². The summed E-state index contributed by atoms with van der Waals surface area (Å²) < 4.78 is 0. The van der Waals surface area contributed by atoms with Crippen LogP contribution in [0.2, 0.25) is 19.6 Å². The molecule has 1 aromatic heterocycles. The van der Waals surface area contributed by atoms with E-state index in [-0.39, 0.29) is 0 Å². The molecule has 1 heterocycles. The summed E-state index contributed by atoms with van der Waals surface area (Å²) in [7, 11) is -1.35. The Balaban J connectivity index is 2.46. The van der Waals surface area contributed by atoms with Crippen molar-refractivity contribution in [3.05, 3.63) is 47.7 Å². The maximum Gasteiger partial charge on any atom is 0.0799 e. The van der Waals surface area contributed by atoms with Crippen LogP contribution in [0.5, 0.6) is 0 Å². The van der Waals surface area contributed by atoms with E-state index in [4.69, 9.17) is 4.98 Å². The number of nitrogens with zero attached hydrogens (tertiary/aromatic N) is 1. The molecule has 2 heteroatoms. The second-order valence-corrected chi connectivity index (χ2v) is 12.9. The van der Waals surface area contributed by atoms with Gasteiger partial charge >= 0.3 is 0 Å². The quantitative estimate of drug-likeness (QED) is 0.675. The Hall–Kier alpha value is -1.41. The Morgan fingerprint density at radius 1 is 0.864 bits per heavy atom. The summed E-state index contributed by atoms with van der Waals surface area (Å²) >= 11 is 0. The lowest BCUT2D eigenvalue weighted by molar-refractivity contribution is 0.866. The third-order valence-electron chi connectivity index (χ3n) is 4.24. The van der Waals surface area contributed by atoms with E-state index in [1.807, 2.05) is 0 Å². The predicted octanol–water partition coefficient (Wildman–Crippen LogP) is 5.54. The van der Waals surface area contributed by atoms with Gasteiger partial charge in [-0.05, 0) is 34.2 Å². The first kappa shape index (κ1) is 16.9. The minimum Gasteiger partial charge on any atom is -0.256 e. The van der Waals surface area contributed by atoms with Crippen LogP contribution in [0.1, 0.15) is 50.7 Å². The number of rotatable bonds is 4. The van der Waals surface area contributed by atoms with Crippen molar-refractivity contribution < 1.29 is 0 Å². The highest BCUT2D eigenvalue weighted by atomic mass is 28.3. The van der Waals surface area contributed by atoms with Crippen LogP contribution in [0.25, 0.3) is 11.3 Å². The molecule has 2 rings (SSSR count). The van der Waals surface area contributed by atoms with Crippen LogP contribution in [-0.4, -0.2) is 13.1 Å². The van der Waals surface area contributed by atoms with Crippen molar-refractivity contribution in [2.75, 3.05) is 0 Å². The van der Waals surface area contributed by atoms with Crippen LogP contribution >= 0.6 is 0 Å². The van der Waals surface area contributed by atoms with Crippen molar-refractivity contribution in [2.45, 2.75) is 59.2 Å². The third-order valence-corrected chi connectivity index (χ3v) is 6.27. The fourth-order valence-corrected chi connectivity index (χ4v) is 4.45. The molecule has 0 aliphatic heterocycles. The van der Waals surface area contributed by atoms with E-state index in [0.717, 1.165) is 5.69 Å². The topological polar surface area (TPSA) is 12.9 Å². The third kappa shape index (κ3) is 3.67. The molecule has 0 bridgehead atoms. The van der Waals surface area contributed by atoms with Gasteiger partial charge in [-0.2, -0.15) is 0 Å². The predicted molar refractivity (Wildman–Crippen MR) is 101 cm³/mol. The highest BCUT2D eigenvalue weighted by molar-refractivity contribution is 6.89. The van der Waals surface area contributed by atoms with Gasteiger partial charge in [0.05, 0.1) is 13.8 Å². The highest BCUT2D eigenvalue weighted by Gasteiger charge is 2.22. The number of hydrogen-bond donors (Lipinski definition) is 0. The fraction of sp³-hybridized carbons (Fsp3) is 0.450. The number of benzene rings is 1. The molecule has 1 nitrogen and oxygen atoms in total. The Bertz CT molecular complexity index is 634. The SMILES string of the molecule is CC(C)c1ccc(-c2cc(C(C)C)c([Si](C)(C)C)cn2)cc1. The van der Waals surface area contributed by atoms with E-state index in [0.29, 0.717) is 11.8 Å². The zero-order chi connectivity index (χ0) is 16.5. The van der Waals surface area contributed by atoms with Crippen molar-refractivity contribution in [3.63, 3.8) is 0 Å². The van der Waals surface area contributed by atoms with Gasteiger partial charge in [0.1, 0.15) is 0 Å². The molecule has 0 N–H and O–H groups in total. The van der Waals surface area contributed by atoms with Crippen molar-refractivity contribution in [1.82, 2.24) is 4.98 Å². The average molecular weight is 312 g/mol. The van der Waals surface area contributed by atoms with E-state index in [1.54, 1.807) is 0 Å². The smallest absolute Gasteiger partial charge is 0.0799 e. The summed E-state index contributed by atoms with van der Waals surface area (Å²) in [5, 5.41) is 1.49. The normalized spacial score (nSPS) is 12.2. The second-order valence-electron chi connectivity index (χ2n) is 7.84. The maximum atomic E-state index is 4.77. The molecule has 0 amide bonds. The van der Waals surface area contributed by atoms with E-state index in [9.17, 15) is 0 Å². The maximum absolute atomic E-state index is 4.77. The molecule has 118 valence electrons. The second kappa shape index (κ2) is 6.37. The Morgan fingerprint density at radius 2 is 1.45 bits per heavy atom. The molecule has 0 atom stereocenters. The van der Waals surface area contributed by atoms with Crippen LogP contribution in [0.15, 0.2) is 36.5 Å². The van der Waals surface area contributed by atoms with Gasteiger partial charge in [0.25, 0.3) is 0 Å². The molecule has 0 spiro atoms. The lowest BCUT2D eigenvalue weighted by Crippen LogP contribution is -2.40. The minimum absolute atomic E-state index is 0.540. The largest absolute Gasteiger partial charge is 0.256 e. The molecule has 2 aromatic rings. The molecular weight excluding hydrogens is 282 g/mol. The molecule has 0 aliphatic rings. The first-order valence-corrected chi connectivity index (χ1v) is 11.8. The van der Waals surface area contributed by atoms with Crippen LogP contribution in [0, 0.1) is 0 Å². The average Bonchev–Trinajstić information content (AvgIpc) is 2.45. The van der Waals surface area contributed by atoms with Gasteiger partial charge in [0.2, 0.25) is 0 Å². The van der Waals surface area contributed by atoms with E-state index in [2.05, 4.69) is 83.9 Å². The highest BCUT2D eigenvalue weighted by Crippen LogP contribution is 2.24. The monoisotopic (exact) mass is 311 g/mol. The van der Waals surface area contributed by atoms with Crippen molar-refractivity contribution in [1.29, 1.82) is 0 Å². The lowest BCUT2D eigenvalue weighted by atomic mass is 9.98. The number of aromatic nitrogens is 1. The van der Waals surface area contributed by atoms with Crippen molar-refractivity contribution in [3.8, 4) is 11.3 Å². The molecule has 0 radical (unpaired) electrons. The lowest BCUT2D eigenvalue weighted by Gasteiger charge is -2.23. The van der Waals surface area contributed by atoms with Crippen LogP contribution < -0.4 is 5.19 Å². The molecular formula is C20H29NSi. The van der Waals surface area contributed by atoms with Gasteiger partial charge in [0, 0.05) is 11.8 Å². The summed E-state index contributed by atoms with van der Waals surface area (Å²) in [6, 6.07) is 11.2. The Morgan fingerprint density at radius 3 is 1.91 bits per heavy atom. The van der Waals surface area contributed by atoms with E-state index in [1.165, 1.54) is 21.9 Å². The molecule has 0 aliphatic carbocycles. The van der Waals surface area contributed by atoms with Gasteiger partial charge in [-0.3, -0.25) is 4.98 Å². The molecule has 0 unspecified atom stereocenters. The van der Waals surface area contributed by atoms with Gasteiger partial charge in [0.15, 0.2) is 0 Å². The van der Waals surface area contributed by atoms with E-state index >= 15 is 0 Å². The minimum atomic E-state index is -1.35. The van der Waals surface area contributed by atoms with Gasteiger partial charge < -0.3 is 0 Å². The zero-order valence-corrected chi connectivity index (χ0v) is 16.1. The molecule has 0 saturated carbocycles. The number of hydrogen-bond acceptors (Lipinski definition) is 1. The van der Waals surface area contributed by atoms with Crippen LogP contribution in [0.3, 0.4) is 0 Å². The molecule has 1 aromatic carbocycles. The van der Waals surface area contributed by atoms with Crippen molar-refractivity contribution >= 4 is 13.3 Å². The first-order chi connectivity index (χ1) is 10.2. The van der Waals surface area contributed by atoms with Crippen LogP contribution in [0.4, 0.5) is 0 Å². The van der Waals surface area contributed by atoms with Gasteiger partial charge in [-0.1, -0.05) is 71.6 Å².